The maximum Gasteiger partial charge on any atom is 0.255 e. The number of hydrogen-bond donors (Lipinski definition) is 2. The molecule has 6 heteroatoms. The Morgan fingerprint density at radius 2 is 1.90 bits per heavy atom. The van der Waals surface area contributed by atoms with Gasteiger partial charge in [0.25, 0.3) is 5.91 Å². The highest BCUT2D eigenvalue weighted by atomic mass is 79.9. The fourth-order valence-corrected chi connectivity index (χ4v) is 2.18. The van der Waals surface area contributed by atoms with Crippen molar-refractivity contribution in [3.05, 3.63) is 63.9 Å². The molecular formula is C14H10BrFN2OS. The molecule has 0 aliphatic heterocycles. The minimum atomic E-state index is -0.384. The average Bonchev–Trinajstić information content (AvgIpc) is 2.42. The minimum Gasteiger partial charge on any atom is -0.389 e. The van der Waals surface area contributed by atoms with Crippen LogP contribution in [0.4, 0.5) is 10.1 Å². The zero-order valence-corrected chi connectivity index (χ0v) is 12.6. The monoisotopic (exact) mass is 352 g/mol. The number of nitrogens with one attached hydrogen (secondary N) is 1. The molecule has 3 nitrogen and oxygen atoms in total. The van der Waals surface area contributed by atoms with Crippen molar-refractivity contribution in [2.45, 2.75) is 0 Å². The summed E-state index contributed by atoms with van der Waals surface area (Å²) in [6.45, 7) is 0. The van der Waals surface area contributed by atoms with E-state index in [0.717, 1.165) is 0 Å². The van der Waals surface area contributed by atoms with Gasteiger partial charge in [-0.1, -0.05) is 24.4 Å². The topological polar surface area (TPSA) is 55.1 Å². The lowest BCUT2D eigenvalue weighted by molar-refractivity contribution is 0.102. The summed E-state index contributed by atoms with van der Waals surface area (Å²) in [7, 11) is 0. The number of carbonyl (C=O) groups excluding carboxylic acids is 1. The Hall–Kier alpha value is -1.79. The molecule has 0 aliphatic carbocycles. The number of thiocarbonyl (C=S) groups is 1. The van der Waals surface area contributed by atoms with Crippen molar-refractivity contribution < 1.29 is 9.18 Å². The number of anilines is 1. The van der Waals surface area contributed by atoms with E-state index in [2.05, 4.69) is 21.2 Å². The zero-order chi connectivity index (χ0) is 14.7. The van der Waals surface area contributed by atoms with Crippen LogP contribution in [0.2, 0.25) is 0 Å². The fraction of sp³-hybridized carbons (Fsp3) is 0. The number of hydrogen-bond acceptors (Lipinski definition) is 2. The van der Waals surface area contributed by atoms with Crippen LogP contribution in [0.15, 0.2) is 46.9 Å². The summed E-state index contributed by atoms with van der Waals surface area (Å²) in [6.07, 6.45) is 0. The molecule has 0 fully saturated rings. The number of amides is 1. The van der Waals surface area contributed by atoms with Gasteiger partial charge in [0.1, 0.15) is 10.8 Å². The molecule has 2 aromatic carbocycles. The second-order valence-electron chi connectivity index (χ2n) is 4.02. The van der Waals surface area contributed by atoms with Crippen molar-refractivity contribution in [1.82, 2.24) is 0 Å². The molecule has 0 aromatic heterocycles. The molecule has 3 N–H and O–H groups in total. The van der Waals surface area contributed by atoms with Crippen LogP contribution in [0.5, 0.6) is 0 Å². The minimum absolute atomic E-state index is 0.225. The van der Waals surface area contributed by atoms with Crippen molar-refractivity contribution in [3.8, 4) is 0 Å². The first-order valence-electron chi connectivity index (χ1n) is 5.63. The molecule has 0 radical (unpaired) electrons. The summed E-state index contributed by atoms with van der Waals surface area (Å²) < 4.78 is 13.4. The Balaban J connectivity index is 2.24. The van der Waals surface area contributed by atoms with Gasteiger partial charge in [0.15, 0.2) is 0 Å². The summed E-state index contributed by atoms with van der Waals surface area (Å²) in [6, 6.07) is 10.7. The van der Waals surface area contributed by atoms with Gasteiger partial charge in [0, 0.05) is 15.6 Å². The van der Waals surface area contributed by atoms with Crippen LogP contribution in [-0.4, -0.2) is 10.9 Å². The van der Waals surface area contributed by atoms with Crippen LogP contribution in [0.1, 0.15) is 15.9 Å². The Labute approximate surface area is 129 Å². The van der Waals surface area contributed by atoms with Gasteiger partial charge in [-0.05, 0) is 46.3 Å². The van der Waals surface area contributed by atoms with Gasteiger partial charge in [0.2, 0.25) is 0 Å². The van der Waals surface area contributed by atoms with Crippen LogP contribution in [-0.2, 0) is 0 Å². The number of benzene rings is 2. The lowest BCUT2D eigenvalue weighted by Crippen LogP contribution is -2.15. The van der Waals surface area contributed by atoms with Crippen molar-refractivity contribution in [1.29, 1.82) is 0 Å². The molecule has 0 unspecified atom stereocenters. The number of carbonyl (C=O) groups is 1. The molecule has 0 atom stereocenters. The summed E-state index contributed by atoms with van der Waals surface area (Å²) in [4.78, 5) is 12.3. The van der Waals surface area contributed by atoms with Crippen LogP contribution in [0, 0.1) is 5.82 Å². The smallest absolute Gasteiger partial charge is 0.255 e. The Morgan fingerprint density at radius 1 is 1.20 bits per heavy atom. The zero-order valence-electron chi connectivity index (χ0n) is 10.2. The lowest BCUT2D eigenvalue weighted by atomic mass is 10.1. The fourth-order valence-electron chi connectivity index (χ4n) is 1.60. The van der Waals surface area contributed by atoms with Crippen LogP contribution >= 0.6 is 28.1 Å². The van der Waals surface area contributed by atoms with Crippen molar-refractivity contribution in [3.63, 3.8) is 0 Å². The van der Waals surface area contributed by atoms with Crippen LogP contribution in [0.25, 0.3) is 0 Å². The van der Waals surface area contributed by atoms with E-state index in [1.54, 1.807) is 24.3 Å². The molecule has 0 spiro atoms. The first kappa shape index (κ1) is 14.6. The Bertz CT molecular complexity index is 691. The quantitative estimate of drug-likeness (QED) is 0.831. The van der Waals surface area contributed by atoms with E-state index in [4.69, 9.17) is 18.0 Å². The van der Waals surface area contributed by atoms with E-state index in [9.17, 15) is 9.18 Å². The molecule has 0 aliphatic rings. The number of nitrogens with two attached hydrogens (primary N) is 1. The highest BCUT2D eigenvalue weighted by Crippen LogP contribution is 2.23. The maximum absolute atomic E-state index is 13.0. The maximum atomic E-state index is 13.0. The molecule has 0 saturated heterocycles. The number of halogens is 2. The summed E-state index contributed by atoms with van der Waals surface area (Å²) >= 11 is 8.06. The van der Waals surface area contributed by atoms with E-state index in [1.165, 1.54) is 18.2 Å². The van der Waals surface area contributed by atoms with Crippen LogP contribution in [0.3, 0.4) is 0 Å². The Kier molecular flexibility index (Phi) is 4.46. The second kappa shape index (κ2) is 6.11. The Morgan fingerprint density at radius 3 is 2.55 bits per heavy atom. The molecule has 2 aromatic rings. The predicted molar refractivity (Wildman–Crippen MR) is 84.4 cm³/mol. The molecule has 0 bridgehead atoms. The third-order valence-electron chi connectivity index (χ3n) is 2.59. The third-order valence-corrected chi connectivity index (χ3v) is 3.48. The van der Waals surface area contributed by atoms with Gasteiger partial charge in [0.05, 0.1) is 5.69 Å². The van der Waals surface area contributed by atoms with Crippen molar-refractivity contribution in [2.75, 3.05) is 5.32 Å². The van der Waals surface area contributed by atoms with Gasteiger partial charge < -0.3 is 11.1 Å². The molecule has 102 valence electrons. The number of rotatable bonds is 3. The second-order valence-corrected chi connectivity index (χ2v) is 5.32. The largest absolute Gasteiger partial charge is 0.389 e. The third kappa shape index (κ3) is 3.40. The van der Waals surface area contributed by atoms with Gasteiger partial charge in [-0.25, -0.2) is 4.39 Å². The molecule has 0 saturated carbocycles. The van der Waals surface area contributed by atoms with Gasteiger partial charge in [-0.2, -0.15) is 0 Å². The van der Waals surface area contributed by atoms with E-state index >= 15 is 0 Å². The first-order valence-corrected chi connectivity index (χ1v) is 6.84. The van der Waals surface area contributed by atoms with Crippen molar-refractivity contribution in [2.24, 2.45) is 5.73 Å². The SMILES string of the molecule is NC(=S)c1cccc(C(=O)Nc2ccc(F)cc2Br)c1. The average molecular weight is 353 g/mol. The predicted octanol–water partition coefficient (Wildman–Crippen LogP) is 3.47. The molecular weight excluding hydrogens is 343 g/mol. The van der Waals surface area contributed by atoms with Gasteiger partial charge >= 0.3 is 0 Å². The van der Waals surface area contributed by atoms with E-state index in [-0.39, 0.29) is 16.7 Å². The highest BCUT2D eigenvalue weighted by molar-refractivity contribution is 9.10. The first-order chi connectivity index (χ1) is 9.47. The van der Waals surface area contributed by atoms with E-state index in [1.807, 2.05) is 0 Å². The van der Waals surface area contributed by atoms with E-state index in [0.29, 0.717) is 21.3 Å². The molecule has 2 rings (SSSR count). The highest BCUT2D eigenvalue weighted by Gasteiger charge is 2.10. The van der Waals surface area contributed by atoms with Gasteiger partial charge in [-0.15, -0.1) is 0 Å². The van der Waals surface area contributed by atoms with Crippen molar-refractivity contribution >= 4 is 44.7 Å². The summed E-state index contributed by atoms with van der Waals surface area (Å²) in [5, 5.41) is 2.68. The lowest BCUT2D eigenvalue weighted by Gasteiger charge is -2.08. The molecule has 20 heavy (non-hydrogen) atoms. The van der Waals surface area contributed by atoms with Crippen LogP contribution < -0.4 is 11.1 Å². The van der Waals surface area contributed by atoms with Gasteiger partial charge in [-0.3, -0.25) is 4.79 Å². The normalized spacial score (nSPS) is 10.1. The molecule has 1 amide bonds. The summed E-state index contributed by atoms with van der Waals surface area (Å²) in [5.74, 6) is -0.708. The summed E-state index contributed by atoms with van der Waals surface area (Å²) in [5.41, 5.74) is 7.05. The standard InChI is InChI=1S/C14H10BrFN2OS/c15-11-7-10(16)4-5-12(11)18-14(19)9-3-1-2-8(6-9)13(17)20/h1-7H,(H2,17,20)(H,18,19). The van der Waals surface area contributed by atoms with E-state index < -0.39 is 0 Å². The molecule has 0 heterocycles.